The number of aromatic nitrogens is 3. The first-order chi connectivity index (χ1) is 19.6. The van der Waals surface area contributed by atoms with Gasteiger partial charge < -0.3 is 0 Å². The summed E-state index contributed by atoms with van der Waals surface area (Å²) in [4.78, 5) is 26.4. The first kappa shape index (κ1) is 25.5. The highest BCUT2D eigenvalue weighted by molar-refractivity contribution is 7.99. The highest BCUT2D eigenvalue weighted by atomic mass is 32.2. The van der Waals surface area contributed by atoms with E-state index in [1.54, 1.807) is 12.1 Å². The van der Waals surface area contributed by atoms with Crippen molar-refractivity contribution in [2.24, 2.45) is 0 Å². The van der Waals surface area contributed by atoms with Crippen LogP contribution in [0.4, 0.5) is 17.1 Å². The van der Waals surface area contributed by atoms with E-state index in [9.17, 15) is 14.9 Å². The van der Waals surface area contributed by atoms with Crippen molar-refractivity contribution in [3.8, 4) is 11.4 Å². The Hall–Kier alpha value is -4.76. The molecular formula is C31H25N5O3S. The second-order valence-corrected chi connectivity index (χ2v) is 10.4. The van der Waals surface area contributed by atoms with E-state index in [1.165, 1.54) is 23.9 Å². The van der Waals surface area contributed by atoms with E-state index in [1.807, 2.05) is 76.2 Å². The lowest BCUT2D eigenvalue weighted by molar-refractivity contribution is -0.384. The summed E-state index contributed by atoms with van der Waals surface area (Å²) in [6, 6.07) is 32.3. The maximum absolute atomic E-state index is 13.9. The molecule has 0 saturated carbocycles. The molecule has 40 heavy (non-hydrogen) atoms. The molecule has 0 aliphatic carbocycles. The molecule has 1 aliphatic rings. The molecule has 0 fully saturated rings. The molecule has 5 aromatic rings. The van der Waals surface area contributed by atoms with Gasteiger partial charge >= 0.3 is 0 Å². The Morgan fingerprint density at radius 2 is 1.40 bits per heavy atom. The molecule has 9 heteroatoms. The number of carbonyl (C=O) groups is 1. The third-order valence-electron chi connectivity index (χ3n) is 6.94. The minimum Gasteiger partial charge on any atom is -0.298 e. The zero-order valence-electron chi connectivity index (χ0n) is 21.5. The largest absolute Gasteiger partial charge is 0.298 e. The Bertz CT molecular complexity index is 1640. The summed E-state index contributed by atoms with van der Waals surface area (Å²) in [5, 5.41) is 20.6. The topological polar surface area (TPSA) is 94.2 Å². The highest BCUT2D eigenvalue weighted by Crippen LogP contribution is 2.37. The van der Waals surface area contributed by atoms with Gasteiger partial charge in [-0.15, -0.1) is 10.2 Å². The predicted molar refractivity (Wildman–Crippen MR) is 156 cm³/mol. The molecule has 198 valence electrons. The fraction of sp³-hybridized carbons (Fsp3) is 0.129. The van der Waals surface area contributed by atoms with Gasteiger partial charge in [-0.3, -0.25) is 24.4 Å². The summed E-state index contributed by atoms with van der Waals surface area (Å²) in [6.45, 7) is 0.492. The van der Waals surface area contributed by atoms with Crippen LogP contribution in [0.5, 0.6) is 0 Å². The van der Waals surface area contributed by atoms with Crippen molar-refractivity contribution in [2.75, 3.05) is 10.7 Å². The predicted octanol–water partition coefficient (Wildman–Crippen LogP) is 6.46. The van der Waals surface area contributed by atoms with Crippen LogP contribution in [-0.2, 0) is 24.2 Å². The third kappa shape index (κ3) is 5.11. The second-order valence-electron chi connectivity index (χ2n) is 9.46. The monoisotopic (exact) mass is 547 g/mol. The molecular weight excluding hydrogens is 522 g/mol. The number of rotatable bonds is 7. The van der Waals surface area contributed by atoms with E-state index in [0.717, 1.165) is 40.9 Å². The standard InChI is InChI=1S/C31H25N5O3S/c37-29(35-27-12-6-4-10-23(27)14-15-24-11-5-7-13-28(24)35)21-40-31-33-32-30(25-16-18-26(19-17-25)36(38)39)34(31)20-22-8-2-1-3-9-22/h1-13,16-19H,14-15,20-21H2. The Labute approximate surface area is 235 Å². The van der Waals surface area contributed by atoms with E-state index in [2.05, 4.69) is 22.3 Å². The Balaban J connectivity index is 1.32. The number of non-ortho nitro benzene ring substituents is 1. The third-order valence-corrected chi connectivity index (χ3v) is 7.89. The molecule has 8 nitrogen and oxygen atoms in total. The van der Waals surface area contributed by atoms with Crippen molar-refractivity contribution >= 4 is 34.7 Å². The van der Waals surface area contributed by atoms with Crippen molar-refractivity contribution in [3.63, 3.8) is 0 Å². The number of thioether (sulfide) groups is 1. The van der Waals surface area contributed by atoms with Gasteiger partial charge in [0.2, 0.25) is 5.91 Å². The highest BCUT2D eigenvalue weighted by Gasteiger charge is 2.26. The smallest absolute Gasteiger partial charge is 0.269 e. The number of amides is 1. The molecule has 0 unspecified atom stereocenters. The summed E-state index contributed by atoms with van der Waals surface area (Å²) in [5.41, 5.74) is 5.88. The first-order valence-corrected chi connectivity index (χ1v) is 13.9. The summed E-state index contributed by atoms with van der Waals surface area (Å²) in [5.74, 6) is 0.702. The van der Waals surface area contributed by atoms with Crippen LogP contribution in [0.1, 0.15) is 16.7 Å². The SMILES string of the molecule is O=C(CSc1nnc(-c2ccc([N+](=O)[O-])cc2)n1Cc1ccccc1)N1c2ccccc2CCc2ccccc21. The summed E-state index contributed by atoms with van der Waals surface area (Å²) in [7, 11) is 0. The van der Waals surface area contributed by atoms with Crippen LogP contribution < -0.4 is 4.90 Å². The molecule has 0 bridgehead atoms. The van der Waals surface area contributed by atoms with Crippen LogP contribution in [0.25, 0.3) is 11.4 Å². The van der Waals surface area contributed by atoms with Crippen LogP contribution >= 0.6 is 11.8 Å². The number of nitro benzene ring substituents is 1. The molecule has 1 amide bonds. The van der Waals surface area contributed by atoms with Crippen molar-refractivity contribution in [1.82, 2.24) is 14.8 Å². The number of anilines is 2. The number of fused-ring (bicyclic) bond motifs is 2. The number of carbonyl (C=O) groups excluding carboxylic acids is 1. The first-order valence-electron chi connectivity index (χ1n) is 12.9. The number of hydrogen-bond acceptors (Lipinski definition) is 6. The Morgan fingerprint density at radius 1 is 0.800 bits per heavy atom. The van der Waals surface area contributed by atoms with E-state index in [0.29, 0.717) is 23.1 Å². The lowest BCUT2D eigenvalue weighted by Crippen LogP contribution is -2.28. The zero-order valence-corrected chi connectivity index (χ0v) is 22.3. The van der Waals surface area contributed by atoms with Gasteiger partial charge in [-0.2, -0.15) is 0 Å². The Kier molecular flexibility index (Phi) is 7.11. The van der Waals surface area contributed by atoms with Gasteiger partial charge in [-0.25, -0.2) is 0 Å². The average molecular weight is 548 g/mol. The maximum atomic E-state index is 13.9. The fourth-order valence-corrected chi connectivity index (χ4v) is 5.78. The van der Waals surface area contributed by atoms with Crippen LogP contribution in [-0.4, -0.2) is 31.3 Å². The van der Waals surface area contributed by atoms with Crippen LogP contribution in [0, 0.1) is 10.1 Å². The molecule has 1 aromatic heterocycles. The summed E-state index contributed by atoms with van der Waals surface area (Å²) < 4.78 is 1.96. The summed E-state index contributed by atoms with van der Waals surface area (Å²) >= 11 is 1.34. The van der Waals surface area contributed by atoms with Gasteiger partial charge in [-0.1, -0.05) is 78.5 Å². The van der Waals surface area contributed by atoms with Crippen molar-refractivity contribution in [3.05, 3.63) is 130 Å². The molecule has 4 aromatic carbocycles. The number of benzene rings is 4. The quantitative estimate of drug-likeness (QED) is 0.132. The van der Waals surface area contributed by atoms with Crippen molar-refractivity contribution in [1.29, 1.82) is 0 Å². The van der Waals surface area contributed by atoms with E-state index >= 15 is 0 Å². The molecule has 2 heterocycles. The van der Waals surface area contributed by atoms with E-state index < -0.39 is 4.92 Å². The zero-order chi connectivity index (χ0) is 27.5. The minimum atomic E-state index is -0.426. The van der Waals surface area contributed by atoms with Crippen LogP contribution in [0.3, 0.4) is 0 Å². The number of nitrogens with zero attached hydrogens (tertiary/aromatic N) is 5. The maximum Gasteiger partial charge on any atom is 0.269 e. The summed E-state index contributed by atoms with van der Waals surface area (Å²) in [6.07, 6.45) is 1.74. The Morgan fingerprint density at radius 3 is 2.02 bits per heavy atom. The second kappa shape index (κ2) is 11.2. The average Bonchev–Trinajstić information content (AvgIpc) is 3.30. The number of para-hydroxylation sites is 2. The molecule has 1 aliphatic heterocycles. The normalized spacial score (nSPS) is 12.3. The fourth-order valence-electron chi connectivity index (χ4n) is 4.99. The van der Waals surface area contributed by atoms with Gasteiger partial charge in [0.05, 0.1) is 28.6 Å². The number of hydrogen-bond donors (Lipinski definition) is 0. The molecule has 0 radical (unpaired) electrons. The van der Waals surface area contributed by atoms with Gasteiger partial charge in [0, 0.05) is 17.7 Å². The van der Waals surface area contributed by atoms with Gasteiger partial charge in [0.25, 0.3) is 5.69 Å². The molecule has 0 spiro atoms. The van der Waals surface area contributed by atoms with E-state index in [4.69, 9.17) is 0 Å². The van der Waals surface area contributed by atoms with Gasteiger partial charge in [0.1, 0.15) is 0 Å². The molecule has 6 rings (SSSR count). The molecule has 0 N–H and O–H groups in total. The minimum absolute atomic E-state index is 0.0103. The molecule has 0 saturated heterocycles. The number of aryl methyl sites for hydroxylation is 2. The van der Waals surface area contributed by atoms with Crippen molar-refractivity contribution < 1.29 is 9.72 Å². The number of nitro groups is 1. The van der Waals surface area contributed by atoms with E-state index in [-0.39, 0.29) is 17.3 Å². The molecule has 0 atom stereocenters. The lowest BCUT2D eigenvalue weighted by Gasteiger charge is -2.25. The van der Waals surface area contributed by atoms with Crippen molar-refractivity contribution in [2.45, 2.75) is 24.5 Å². The van der Waals surface area contributed by atoms with Crippen LogP contribution in [0.2, 0.25) is 0 Å². The lowest BCUT2D eigenvalue weighted by atomic mass is 10.0. The van der Waals surface area contributed by atoms with Gasteiger partial charge in [-0.05, 0) is 53.8 Å². The van der Waals surface area contributed by atoms with Crippen LogP contribution in [0.15, 0.2) is 108 Å². The van der Waals surface area contributed by atoms with Gasteiger partial charge in [0.15, 0.2) is 11.0 Å².